The molecule has 1 aliphatic heterocycles. The average molecular weight is 305 g/mol. The van der Waals surface area contributed by atoms with Crippen molar-refractivity contribution in [3.63, 3.8) is 0 Å². The van der Waals surface area contributed by atoms with E-state index in [1.54, 1.807) is 12.1 Å². The number of hydrogen-bond acceptors (Lipinski definition) is 5. The summed E-state index contributed by atoms with van der Waals surface area (Å²) >= 11 is 0. The van der Waals surface area contributed by atoms with E-state index in [0.29, 0.717) is 12.2 Å². The second-order valence-electron chi connectivity index (χ2n) is 4.40. The van der Waals surface area contributed by atoms with E-state index >= 15 is 0 Å². The van der Waals surface area contributed by atoms with Gasteiger partial charge in [0.1, 0.15) is 5.75 Å². The molecule has 8 heteroatoms. The van der Waals surface area contributed by atoms with Gasteiger partial charge in [0.2, 0.25) is 10.0 Å². The third-order valence-electron chi connectivity index (χ3n) is 2.92. The Balaban J connectivity index is 2.14. The topological polar surface area (TPSA) is 89.5 Å². The van der Waals surface area contributed by atoms with E-state index in [1.165, 1.54) is 19.2 Å². The van der Waals surface area contributed by atoms with Gasteiger partial charge in [-0.3, -0.25) is 0 Å². The molecule has 1 aromatic carbocycles. The van der Waals surface area contributed by atoms with Crippen molar-refractivity contribution in [1.82, 2.24) is 4.72 Å². The van der Waals surface area contributed by atoms with E-state index in [2.05, 4.69) is 4.72 Å². The van der Waals surface area contributed by atoms with Crippen molar-refractivity contribution in [2.24, 2.45) is 0 Å². The largest absolute Gasteiger partial charge is 0.497 e. The average Bonchev–Trinajstić information content (AvgIpc) is 2.68. The molecule has 1 fully saturated rings. The third kappa shape index (κ3) is 3.46. The first-order chi connectivity index (χ1) is 8.82. The first-order valence-corrected chi connectivity index (χ1v) is 9.00. The lowest BCUT2D eigenvalue weighted by Gasteiger charge is -2.11. The molecule has 0 saturated carbocycles. The van der Waals surface area contributed by atoms with Gasteiger partial charge >= 0.3 is 0 Å². The minimum Gasteiger partial charge on any atom is -0.497 e. The molecule has 1 heterocycles. The minimum atomic E-state index is -3.69. The molecule has 0 amide bonds. The molecule has 0 aliphatic carbocycles. The molecule has 19 heavy (non-hydrogen) atoms. The van der Waals surface area contributed by atoms with Crippen LogP contribution in [-0.4, -0.2) is 41.5 Å². The normalized spacial score (nSPS) is 22.3. The van der Waals surface area contributed by atoms with E-state index in [9.17, 15) is 16.8 Å². The summed E-state index contributed by atoms with van der Waals surface area (Å²) in [7, 11) is -5.31. The Morgan fingerprint density at radius 3 is 2.37 bits per heavy atom. The Bertz CT molecular complexity index is 649. The quantitative estimate of drug-likeness (QED) is 0.856. The summed E-state index contributed by atoms with van der Waals surface area (Å²) in [5.41, 5.74) is 0. The van der Waals surface area contributed by atoms with Gasteiger partial charge in [0.25, 0.3) is 0 Å². The summed E-state index contributed by atoms with van der Waals surface area (Å²) in [5.74, 6) is 0.452. The highest BCUT2D eigenvalue weighted by atomic mass is 32.2. The summed E-state index contributed by atoms with van der Waals surface area (Å²) in [6.45, 7) is 0. The Labute approximate surface area is 112 Å². The van der Waals surface area contributed by atoms with Crippen LogP contribution in [0.25, 0.3) is 0 Å². The number of ether oxygens (including phenoxy) is 1. The van der Waals surface area contributed by atoms with Crippen molar-refractivity contribution in [3.05, 3.63) is 24.3 Å². The van der Waals surface area contributed by atoms with E-state index in [-0.39, 0.29) is 16.4 Å². The number of sulfone groups is 1. The number of benzene rings is 1. The van der Waals surface area contributed by atoms with Crippen molar-refractivity contribution < 1.29 is 21.6 Å². The van der Waals surface area contributed by atoms with Crippen LogP contribution in [0, 0.1) is 0 Å². The van der Waals surface area contributed by atoms with Crippen LogP contribution in [0.15, 0.2) is 29.2 Å². The molecule has 0 aromatic heterocycles. The van der Waals surface area contributed by atoms with Crippen LogP contribution < -0.4 is 9.46 Å². The Hall–Kier alpha value is -1.12. The van der Waals surface area contributed by atoms with Gasteiger partial charge in [-0.2, -0.15) is 0 Å². The van der Waals surface area contributed by atoms with Crippen molar-refractivity contribution in [2.75, 3.05) is 18.6 Å². The van der Waals surface area contributed by atoms with Crippen molar-refractivity contribution >= 4 is 19.9 Å². The molecule has 106 valence electrons. The lowest BCUT2D eigenvalue weighted by atomic mass is 10.3. The smallest absolute Gasteiger partial charge is 0.240 e. The van der Waals surface area contributed by atoms with E-state index in [4.69, 9.17) is 4.74 Å². The van der Waals surface area contributed by atoms with Gasteiger partial charge in [-0.15, -0.1) is 0 Å². The maximum absolute atomic E-state index is 12.1. The highest BCUT2D eigenvalue weighted by Crippen LogP contribution is 2.18. The molecule has 1 aliphatic rings. The standard InChI is InChI=1S/C11H15NO5S2/c1-17-10-2-4-11(5-3-10)19(15,16)12-9-6-7-18(13,14)8-9/h2-5,9,12H,6-8H2,1H3/t9-/m1/s1. The first-order valence-electron chi connectivity index (χ1n) is 5.69. The van der Waals surface area contributed by atoms with Gasteiger partial charge in [0, 0.05) is 6.04 Å². The van der Waals surface area contributed by atoms with Crippen LogP contribution in [0.5, 0.6) is 5.75 Å². The Kier molecular flexibility index (Phi) is 3.84. The zero-order chi connectivity index (χ0) is 14.1. The second-order valence-corrected chi connectivity index (χ2v) is 8.34. The molecular weight excluding hydrogens is 290 g/mol. The van der Waals surface area contributed by atoms with Crippen molar-refractivity contribution in [1.29, 1.82) is 0 Å². The van der Waals surface area contributed by atoms with Gasteiger partial charge in [-0.25, -0.2) is 21.6 Å². The summed E-state index contributed by atoms with van der Waals surface area (Å²) in [6, 6.07) is 5.38. The van der Waals surface area contributed by atoms with Crippen LogP contribution in [-0.2, 0) is 19.9 Å². The van der Waals surface area contributed by atoms with Crippen LogP contribution in [0.3, 0.4) is 0 Å². The number of sulfonamides is 1. The SMILES string of the molecule is COc1ccc(S(=O)(=O)N[C@@H]2CCS(=O)(=O)C2)cc1. The fourth-order valence-corrected chi connectivity index (χ4v) is 4.98. The molecule has 0 bridgehead atoms. The van der Waals surface area contributed by atoms with E-state index in [0.717, 1.165) is 0 Å². The van der Waals surface area contributed by atoms with E-state index < -0.39 is 25.9 Å². The zero-order valence-electron chi connectivity index (χ0n) is 10.4. The second kappa shape index (κ2) is 5.10. The molecule has 0 spiro atoms. The van der Waals surface area contributed by atoms with Crippen molar-refractivity contribution in [3.8, 4) is 5.75 Å². The molecule has 1 atom stereocenters. The van der Waals surface area contributed by atoms with Gasteiger partial charge < -0.3 is 4.74 Å². The summed E-state index contributed by atoms with van der Waals surface area (Å²) in [4.78, 5) is 0.0950. The lowest BCUT2D eigenvalue weighted by Crippen LogP contribution is -2.35. The maximum Gasteiger partial charge on any atom is 0.240 e. The van der Waals surface area contributed by atoms with E-state index in [1.807, 2.05) is 0 Å². The predicted molar refractivity (Wildman–Crippen MR) is 70.4 cm³/mol. The lowest BCUT2D eigenvalue weighted by molar-refractivity contribution is 0.414. The van der Waals surface area contributed by atoms with Crippen LogP contribution in [0.2, 0.25) is 0 Å². The summed E-state index contributed by atoms with van der Waals surface area (Å²) < 4.78 is 54.1. The molecule has 0 unspecified atom stereocenters. The van der Waals surface area contributed by atoms with Crippen LogP contribution in [0.4, 0.5) is 0 Å². The maximum atomic E-state index is 12.1. The van der Waals surface area contributed by atoms with Gasteiger partial charge in [-0.1, -0.05) is 0 Å². The summed E-state index contributed by atoms with van der Waals surface area (Å²) in [5, 5.41) is 0. The third-order valence-corrected chi connectivity index (χ3v) is 6.23. The number of hydrogen-bond donors (Lipinski definition) is 1. The number of methoxy groups -OCH3 is 1. The van der Waals surface area contributed by atoms with Gasteiger partial charge in [0.15, 0.2) is 9.84 Å². The van der Waals surface area contributed by atoms with Gasteiger partial charge in [-0.05, 0) is 30.7 Å². The fourth-order valence-electron chi connectivity index (χ4n) is 1.93. The molecule has 2 rings (SSSR count). The molecule has 1 saturated heterocycles. The van der Waals surface area contributed by atoms with Gasteiger partial charge in [0.05, 0.1) is 23.5 Å². The molecule has 1 N–H and O–H groups in total. The predicted octanol–water partition coefficient (Wildman–Crippen LogP) is 0.161. The molecule has 1 aromatic rings. The molecular formula is C11H15NO5S2. The zero-order valence-corrected chi connectivity index (χ0v) is 12.0. The Morgan fingerprint density at radius 2 is 1.89 bits per heavy atom. The Morgan fingerprint density at radius 1 is 1.26 bits per heavy atom. The first kappa shape index (κ1) is 14.3. The van der Waals surface area contributed by atoms with Crippen LogP contribution >= 0.6 is 0 Å². The number of rotatable bonds is 4. The van der Waals surface area contributed by atoms with Crippen molar-refractivity contribution in [2.45, 2.75) is 17.4 Å². The molecule has 0 radical (unpaired) electrons. The highest BCUT2D eigenvalue weighted by molar-refractivity contribution is 7.92. The highest BCUT2D eigenvalue weighted by Gasteiger charge is 2.31. The summed E-state index contributed by atoms with van der Waals surface area (Å²) in [6.07, 6.45) is 0.317. The fraction of sp³-hybridized carbons (Fsp3) is 0.455. The minimum absolute atomic E-state index is 0.0306. The monoisotopic (exact) mass is 305 g/mol. The van der Waals surface area contributed by atoms with Crippen LogP contribution in [0.1, 0.15) is 6.42 Å². The number of nitrogens with one attached hydrogen (secondary N) is 1. The molecule has 6 nitrogen and oxygen atoms in total.